The van der Waals surface area contributed by atoms with E-state index in [0.717, 1.165) is 35.6 Å². The molecule has 1 fully saturated rings. The first-order valence-electron chi connectivity index (χ1n) is 11.1. The molecule has 1 N–H and O–H groups in total. The third kappa shape index (κ3) is 4.07. The number of hydrogen-bond acceptors (Lipinski definition) is 7. The van der Waals surface area contributed by atoms with Crippen molar-refractivity contribution < 1.29 is 9.53 Å². The van der Waals surface area contributed by atoms with E-state index in [1.165, 1.54) is 0 Å². The fourth-order valence-electron chi connectivity index (χ4n) is 4.09. The van der Waals surface area contributed by atoms with Gasteiger partial charge >= 0.3 is 0 Å². The molecule has 31 heavy (non-hydrogen) atoms. The van der Waals surface area contributed by atoms with E-state index in [4.69, 9.17) is 4.74 Å². The molecule has 3 aromatic rings. The van der Waals surface area contributed by atoms with Gasteiger partial charge in [0.05, 0.1) is 25.4 Å². The third-order valence-electron chi connectivity index (χ3n) is 5.64. The van der Waals surface area contributed by atoms with Gasteiger partial charge in [-0.2, -0.15) is 0 Å². The fraction of sp³-hybridized carbons (Fsp3) is 0.545. The van der Waals surface area contributed by atoms with Crippen LogP contribution in [-0.2, 0) is 11.3 Å². The molecule has 0 spiro atoms. The Morgan fingerprint density at radius 3 is 2.61 bits per heavy atom. The molecule has 0 unspecified atom stereocenters. The largest absolute Gasteiger partial charge is 0.382 e. The summed E-state index contributed by atoms with van der Waals surface area (Å²) >= 11 is 0. The van der Waals surface area contributed by atoms with Crippen LogP contribution in [-0.4, -0.2) is 80.7 Å². The van der Waals surface area contributed by atoms with Crippen LogP contribution in [0.5, 0.6) is 0 Å². The van der Waals surface area contributed by atoms with Crippen molar-refractivity contribution in [3.8, 4) is 0 Å². The molecule has 1 aliphatic heterocycles. The van der Waals surface area contributed by atoms with Gasteiger partial charge in [0.15, 0.2) is 11.5 Å². The number of carbonyl (C=O) groups is 1. The van der Waals surface area contributed by atoms with Gasteiger partial charge in [-0.1, -0.05) is 0 Å². The predicted molar refractivity (Wildman–Crippen MR) is 120 cm³/mol. The van der Waals surface area contributed by atoms with E-state index in [9.17, 15) is 4.79 Å². The standard InChI is InChI=1S/C22H31N7O2/c1-5-28(6-2)22(30)18-19(24-15(3)4)16-8-7-9-23-20(16)29-17(25-26-21(18)29)14-27-10-12-31-13-11-27/h7-9,15,24H,5-6,10-14H2,1-4H3. The van der Waals surface area contributed by atoms with Crippen LogP contribution in [0.1, 0.15) is 43.9 Å². The van der Waals surface area contributed by atoms with Gasteiger partial charge < -0.3 is 15.0 Å². The minimum absolute atomic E-state index is 0.0470. The molecule has 0 aromatic carbocycles. The molecule has 4 heterocycles. The van der Waals surface area contributed by atoms with Crippen molar-refractivity contribution in [3.63, 3.8) is 0 Å². The van der Waals surface area contributed by atoms with Crippen molar-refractivity contribution in [1.29, 1.82) is 0 Å². The molecule has 1 amide bonds. The SMILES string of the molecule is CCN(CC)C(=O)c1c(NC(C)C)c2cccnc2n2c(CN3CCOCC3)nnc12. The Morgan fingerprint density at radius 1 is 1.19 bits per heavy atom. The zero-order valence-electron chi connectivity index (χ0n) is 18.8. The van der Waals surface area contributed by atoms with Gasteiger partial charge in [0.2, 0.25) is 0 Å². The van der Waals surface area contributed by atoms with E-state index in [1.807, 2.05) is 35.3 Å². The highest BCUT2D eigenvalue weighted by Gasteiger charge is 2.28. The minimum Gasteiger partial charge on any atom is -0.382 e. The lowest BCUT2D eigenvalue weighted by molar-refractivity contribution is 0.0329. The highest BCUT2D eigenvalue weighted by Crippen LogP contribution is 2.32. The topological polar surface area (TPSA) is 87.9 Å². The number of hydrogen-bond donors (Lipinski definition) is 1. The van der Waals surface area contributed by atoms with E-state index in [-0.39, 0.29) is 11.9 Å². The molecule has 166 valence electrons. The summed E-state index contributed by atoms with van der Waals surface area (Å²) < 4.78 is 7.43. The minimum atomic E-state index is -0.0470. The zero-order valence-corrected chi connectivity index (χ0v) is 18.8. The number of anilines is 1. The van der Waals surface area contributed by atoms with Crippen LogP contribution in [0.25, 0.3) is 16.7 Å². The van der Waals surface area contributed by atoms with Gasteiger partial charge in [-0.05, 0) is 39.8 Å². The smallest absolute Gasteiger partial charge is 0.259 e. The Bertz CT molecular complexity index is 1070. The summed E-state index contributed by atoms with van der Waals surface area (Å²) in [7, 11) is 0. The van der Waals surface area contributed by atoms with Crippen LogP contribution < -0.4 is 5.32 Å². The number of aromatic nitrogens is 4. The molecule has 0 radical (unpaired) electrons. The van der Waals surface area contributed by atoms with Crippen molar-refractivity contribution in [2.75, 3.05) is 44.7 Å². The first-order chi connectivity index (χ1) is 15.0. The quantitative estimate of drug-likeness (QED) is 0.622. The number of ether oxygens (including phenoxy) is 1. The molecule has 3 aromatic heterocycles. The van der Waals surface area contributed by atoms with Gasteiger partial charge in [-0.15, -0.1) is 10.2 Å². The summed E-state index contributed by atoms with van der Waals surface area (Å²) in [5, 5.41) is 13.4. The lowest BCUT2D eigenvalue weighted by Gasteiger charge is -2.26. The van der Waals surface area contributed by atoms with E-state index in [2.05, 4.69) is 39.2 Å². The highest BCUT2D eigenvalue weighted by atomic mass is 16.5. The Kier molecular flexibility index (Phi) is 6.33. The van der Waals surface area contributed by atoms with Crippen LogP contribution in [0.4, 0.5) is 5.69 Å². The van der Waals surface area contributed by atoms with E-state index in [0.29, 0.717) is 44.1 Å². The van der Waals surface area contributed by atoms with Gasteiger partial charge in [0, 0.05) is 43.8 Å². The molecule has 9 heteroatoms. The maximum atomic E-state index is 13.6. The van der Waals surface area contributed by atoms with Crippen LogP contribution >= 0.6 is 0 Å². The number of rotatable bonds is 7. The first-order valence-corrected chi connectivity index (χ1v) is 11.1. The number of pyridine rings is 2. The number of carbonyl (C=O) groups excluding carboxylic acids is 1. The second-order valence-corrected chi connectivity index (χ2v) is 8.06. The number of nitrogens with zero attached hydrogens (tertiary/aromatic N) is 6. The van der Waals surface area contributed by atoms with Crippen molar-refractivity contribution >= 4 is 28.3 Å². The van der Waals surface area contributed by atoms with Crippen molar-refractivity contribution in [3.05, 3.63) is 29.7 Å². The van der Waals surface area contributed by atoms with Crippen molar-refractivity contribution in [2.24, 2.45) is 0 Å². The second-order valence-electron chi connectivity index (χ2n) is 8.06. The molecule has 1 saturated heterocycles. The monoisotopic (exact) mass is 425 g/mol. The molecule has 0 atom stereocenters. The predicted octanol–water partition coefficient (Wildman–Crippen LogP) is 2.41. The van der Waals surface area contributed by atoms with Gasteiger partial charge in [-0.3, -0.25) is 14.1 Å². The van der Waals surface area contributed by atoms with E-state index >= 15 is 0 Å². The molecule has 0 aliphatic carbocycles. The normalized spacial score (nSPS) is 15.1. The molecule has 4 rings (SSSR count). The number of amides is 1. The van der Waals surface area contributed by atoms with Crippen LogP contribution in [0.2, 0.25) is 0 Å². The van der Waals surface area contributed by atoms with Gasteiger partial charge in [0.25, 0.3) is 5.91 Å². The van der Waals surface area contributed by atoms with Gasteiger partial charge in [-0.25, -0.2) is 4.98 Å². The molecular formula is C22H31N7O2. The average Bonchev–Trinajstić information content (AvgIpc) is 3.18. The van der Waals surface area contributed by atoms with Crippen LogP contribution in [0.3, 0.4) is 0 Å². The second kappa shape index (κ2) is 9.15. The number of nitrogens with one attached hydrogen (secondary N) is 1. The number of fused-ring (bicyclic) bond motifs is 3. The summed E-state index contributed by atoms with van der Waals surface area (Å²) in [4.78, 5) is 22.4. The van der Waals surface area contributed by atoms with E-state index in [1.54, 1.807) is 6.20 Å². The molecule has 1 aliphatic rings. The molecular weight excluding hydrogens is 394 g/mol. The molecule has 9 nitrogen and oxygen atoms in total. The lowest BCUT2D eigenvalue weighted by Crippen LogP contribution is -2.36. The highest BCUT2D eigenvalue weighted by molar-refractivity contribution is 6.12. The summed E-state index contributed by atoms with van der Waals surface area (Å²) in [6.07, 6.45) is 1.77. The maximum Gasteiger partial charge on any atom is 0.259 e. The van der Waals surface area contributed by atoms with E-state index < -0.39 is 0 Å². The van der Waals surface area contributed by atoms with Crippen molar-refractivity contribution in [1.82, 2.24) is 29.4 Å². The summed E-state index contributed by atoms with van der Waals surface area (Å²) in [5.41, 5.74) is 2.63. The van der Waals surface area contributed by atoms with Crippen molar-refractivity contribution in [2.45, 2.75) is 40.3 Å². The Labute approximate surface area is 182 Å². The zero-order chi connectivity index (χ0) is 22.0. The first kappa shape index (κ1) is 21.5. The van der Waals surface area contributed by atoms with Crippen LogP contribution in [0, 0.1) is 0 Å². The maximum absolute atomic E-state index is 13.6. The molecule has 0 bridgehead atoms. The average molecular weight is 426 g/mol. The number of morpholine rings is 1. The van der Waals surface area contributed by atoms with Crippen LogP contribution in [0.15, 0.2) is 18.3 Å². The molecule has 0 saturated carbocycles. The Morgan fingerprint density at radius 2 is 1.94 bits per heavy atom. The fourth-order valence-corrected chi connectivity index (χ4v) is 4.09. The Hall–Kier alpha value is -2.78. The van der Waals surface area contributed by atoms with Gasteiger partial charge in [0.1, 0.15) is 11.2 Å². The Balaban J connectivity index is 1.96. The summed E-state index contributed by atoms with van der Waals surface area (Å²) in [6.45, 7) is 13.1. The summed E-state index contributed by atoms with van der Waals surface area (Å²) in [6, 6.07) is 4.05. The summed E-state index contributed by atoms with van der Waals surface area (Å²) in [5.74, 6) is 0.736. The third-order valence-corrected chi connectivity index (χ3v) is 5.64. The lowest BCUT2D eigenvalue weighted by atomic mass is 10.1.